The summed E-state index contributed by atoms with van der Waals surface area (Å²) < 4.78 is 18.4. The van der Waals surface area contributed by atoms with Crippen molar-refractivity contribution in [2.24, 2.45) is 5.73 Å². The molecule has 0 atom stereocenters. The average molecular weight is 309 g/mol. The molecule has 21 heavy (non-hydrogen) atoms. The van der Waals surface area contributed by atoms with E-state index in [1.54, 1.807) is 18.2 Å². The van der Waals surface area contributed by atoms with E-state index in [0.29, 0.717) is 22.8 Å². The highest BCUT2D eigenvalue weighted by molar-refractivity contribution is 6.31. The van der Waals surface area contributed by atoms with Gasteiger partial charge in [-0.2, -0.15) is 0 Å². The monoisotopic (exact) mass is 308 g/mol. The number of amides is 1. The molecule has 110 valence electrons. The second-order valence-electron chi connectivity index (χ2n) is 4.37. The molecule has 2 aromatic carbocycles. The Kier molecular flexibility index (Phi) is 4.65. The summed E-state index contributed by atoms with van der Waals surface area (Å²) in [6, 6.07) is 9.39. The Morgan fingerprint density at radius 2 is 2.10 bits per heavy atom. The molecule has 0 unspecified atom stereocenters. The van der Waals surface area contributed by atoms with Gasteiger partial charge in [-0.1, -0.05) is 17.7 Å². The molecule has 3 N–H and O–H groups in total. The van der Waals surface area contributed by atoms with Crippen molar-refractivity contribution in [1.29, 1.82) is 0 Å². The van der Waals surface area contributed by atoms with Crippen LogP contribution < -0.4 is 15.8 Å². The van der Waals surface area contributed by atoms with Gasteiger partial charge in [0, 0.05) is 28.9 Å². The molecular formula is C15H14ClFN2O2. The maximum Gasteiger partial charge on any atom is 0.248 e. The Balaban J connectivity index is 2.09. The number of anilines is 1. The molecule has 6 heteroatoms. The van der Waals surface area contributed by atoms with Gasteiger partial charge < -0.3 is 15.8 Å². The number of rotatable bonds is 5. The number of halogens is 2. The van der Waals surface area contributed by atoms with E-state index < -0.39 is 11.7 Å². The summed E-state index contributed by atoms with van der Waals surface area (Å²) >= 11 is 6.08. The average Bonchev–Trinajstić information content (AvgIpc) is 2.46. The number of carbonyl (C=O) groups is 1. The Morgan fingerprint density at radius 3 is 2.67 bits per heavy atom. The number of ether oxygens (including phenoxy) is 1. The molecule has 4 nitrogen and oxygen atoms in total. The summed E-state index contributed by atoms with van der Waals surface area (Å²) in [5.74, 6) is -0.796. The van der Waals surface area contributed by atoms with Crippen LogP contribution in [0.4, 0.5) is 10.1 Å². The van der Waals surface area contributed by atoms with Gasteiger partial charge in [0.25, 0.3) is 0 Å². The van der Waals surface area contributed by atoms with E-state index in [1.165, 1.54) is 25.3 Å². The van der Waals surface area contributed by atoms with E-state index in [0.717, 1.165) is 5.56 Å². The molecule has 0 heterocycles. The summed E-state index contributed by atoms with van der Waals surface area (Å²) in [6.07, 6.45) is 0. The molecule has 0 aromatic heterocycles. The van der Waals surface area contributed by atoms with Gasteiger partial charge in [0.2, 0.25) is 5.91 Å². The van der Waals surface area contributed by atoms with E-state index in [2.05, 4.69) is 5.32 Å². The van der Waals surface area contributed by atoms with Crippen molar-refractivity contribution in [3.63, 3.8) is 0 Å². The fourth-order valence-corrected chi connectivity index (χ4v) is 2.06. The van der Waals surface area contributed by atoms with Crippen molar-refractivity contribution in [2.75, 3.05) is 12.4 Å². The molecule has 0 aliphatic rings. The van der Waals surface area contributed by atoms with Gasteiger partial charge in [-0.3, -0.25) is 4.79 Å². The first-order valence-corrected chi connectivity index (χ1v) is 6.54. The molecular weight excluding hydrogens is 295 g/mol. The zero-order valence-corrected chi connectivity index (χ0v) is 12.1. The van der Waals surface area contributed by atoms with Crippen molar-refractivity contribution < 1.29 is 13.9 Å². The van der Waals surface area contributed by atoms with Gasteiger partial charge in [0.15, 0.2) is 11.6 Å². The fraction of sp³-hybridized carbons (Fsp3) is 0.133. The molecule has 0 aliphatic carbocycles. The maximum absolute atomic E-state index is 13.6. The van der Waals surface area contributed by atoms with E-state index in [1.807, 2.05) is 0 Å². The van der Waals surface area contributed by atoms with Crippen molar-refractivity contribution in [3.8, 4) is 5.75 Å². The standard InChI is InChI=1S/C15H14ClFN2O2/c1-21-14-5-4-11(7-13(14)17)19-8-10-3-2-9(15(18)20)6-12(10)16/h2-7,19H,8H2,1H3,(H2,18,20). The van der Waals surface area contributed by atoms with E-state index in [-0.39, 0.29) is 5.75 Å². The van der Waals surface area contributed by atoms with Crippen LogP contribution in [0.15, 0.2) is 36.4 Å². The van der Waals surface area contributed by atoms with E-state index in [9.17, 15) is 9.18 Å². The van der Waals surface area contributed by atoms with Crippen LogP contribution in [-0.4, -0.2) is 13.0 Å². The first kappa shape index (κ1) is 15.1. The third kappa shape index (κ3) is 3.64. The van der Waals surface area contributed by atoms with Crippen LogP contribution in [0.2, 0.25) is 5.02 Å². The number of benzene rings is 2. The number of hydrogen-bond acceptors (Lipinski definition) is 3. The first-order valence-electron chi connectivity index (χ1n) is 6.17. The van der Waals surface area contributed by atoms with Gasteiger partial charge in [-0.25, -0.2) is 4.39 Å². The van der Waals surface area contributed by atoms with Crippen LogP contribution in [-0.2, 0) is 6.54 Å². The summed E-state index contributed by atoms with van der Waals surface area (Å²) in [6.45, 7) is 0.393. The second-order valence-corrected chi connectivity index (χ2v) is 4.78. The van der Waals surface area contributed by atoms with Crippen LogP contribution in [0.5, 0.6) is 5.75 Å². The molecule has 0 radical (unpaired) electrons. The minimum atomic E-state index is -0.534. The Bertz CT molecular complexity index is 677. The minimum Gasteiger partial charge on any atom is -0.494 e. The summed E-state index contributed by atoms with van der Waals surface area (Å²) in [5, 5.41) is 3.47. The molecule has 2 rings (SSSR count). The molecule has 1 amide bonds. The molecule has 0 bridgehead atoms. The molecule has 0 saturated heterocycles. The minimum absolute atomic E-state index is 0.185. The molecule has 2 aromatic rings. The third-order valence-corrected chi connectivity index (χ3v) is 3.32. The largest absolute Gasteiger partial charge is 0.494 e. The first-order chi connectivity index (χ1) is 10.0. The molecule has 0 spiro atoms. The number of nitrogens with two attached hydrogens (primary N) is 1. The van der Waals surface area contributed by atoms with Gasteiger partial charge in [-0.05, 0) is 29.8 Å². The quantitative estimate of drug-likeness (QED) is 0.891. The van der Waals surface area contributed by atoms with Crippen LogP contribution in [0.25, 0.3) is 0 Å². The molecule has 0 aliphatic heterocycles. The van der Waals surface area contributed by atoms with Crippen molar-refractivity contribution in [2.45, 2.75) is 6.54 Å². The number of hydrogen-bond donors (Lipinski definition) is 2. The lowest BCUT2D eigenvalue weighted by Gasteiger charge is -2.10. The lowest BCUT2D eigenvalue weighted by molar-refractivity contribution is 0.100. The van der Waals surface area contributed by atoms with Crippen molar-refractivity contribution in [1.82, 2.24) is 0 Å². The van der Waals surface area contributed by atoms with Crippen LogP contribution in [0.1, 0.15) is 15.9 Å². The topological polar surface area (TPSA) is 64.3 Å². The molecule has 0 saturated carbocycles. The number of nitrogens with one attached hydrogen (secondary N) is 1. The number of primary amides is 1. The normalized spacial score (nSPS) is 10.2. The Morgan fingerprint density at radius 1 is 1.33 bits per heavy atom. The second kappa shape index (κ2) is 6.45. The molecule has 0 fully saturated rings. The number of carbonyl (C=O) groups excluding carboxylic acids is 1. The van der Waals surface area contributed by atoms with Crippen LogP contribution in [0, 0.1) is 5.82 Å². The van der Waals surface area contributed by atoms with Crippen LogP contribution in [0.3, 0.4) is 0 Å². The van der Waals surface area contributed by atoms with Gasteiger partial charge in [-0.15, -0.1) is 0 Å². The zero-order chi connectivity index (χ0) is 15.4. The highest BCUT2D eigenvalue weighted by Crippen LogP contribution is 2.23. The van der Waals surface area contributed by atoms with E-state index in [4.69, 9.17) is 22.1 Å². The lowest BCUT2D eigenvalue weighted by Crippen LogP contribution is -2.11. The van der Waals surface area contributed by atoms with Crippen molar-refractivity contribution >= 4 is 23.2 Å². The van der Waals surface area contributed by atoms with Gasteiger partial charge >= 0.3 is 0 Å². The predicted octanol–water partition coefficient (Wildman–Crippen LogP) is 3.20. The van der Waals surface area contributed by atoms with Gasteiger partial charge in [0.1, 0.15) is 0 Å². The maximum atomic E-state index is 13.6. The highest BCUT2D eigenvalue weighted by atomic mass is 35.5. The Labute approximate surface area is 126 Å². The van der Waals surface area contributed by atoms with E-state index >= 15 is 0 Å². The fourth-order valence-electron chi connectivity index (χ4n) is 1.82. The summed E-state index contributed by atoms with van der Waals surface area (Å²) in [7, 11) is 1.41. The predicted molar refractivity (Wildman–Crippen MR) is 80.2 cm³/mol. The summed E-state index contributed by atoms with van der Waals surface area (Å²) in [5.41, 5.74) is 6.90. The smallest absolute Gasteiger partial charge is 0.248 e. The van der Waals surface area contributed by atoms with Gasteiger partial charge in [0.05, 0.1) is 7.11 Å². The Hall–Kier alpha value is -2.27. The highest BCUT2D eigenvalue weighted by Gasteiger charge is 2.07. The SMILES string of the molecule is COc1ccc(NCc2ccc(C(N)=O)cc2Cl)cc1F. The van der Waals surface area contributed by atoms with Crippen molar-refractivity contribution in [3.05, 3.63) is 58.4 Å². The lowest BCUT2D eigenvalue weighted by atomic mass is 10.1. The summed E-state index contributed by atoms with van der Waals surface area (Å²) in [4.78, 5) is 11.0. The van der Waals surface area contributed by atoms with Crippen LogP contribution >= 0.6 is 11.6 Å². The third-order valence-electron chi connectivity index (χ3n) is 2.97. The number of methoxy groups -OCH3 is 1. The zero-order valence-electron chi connectivity index (χ0n) is 11.3.